The Morgan fingerprint density at radius 1 is 1.30 bits per heavy atom. The minimum atomic E-state index is -4.52. The Labute approximate surface area is 115 Å². The lowest BCUT2D eigenvalue weighted by atomic mass is 9.98. The third-order valence-electron chi connectivity index (χ3n) is 3.72. The van der Waals surface area contributed by atoms with Crippen LogP contribution in [0.15, 0.2) is 18.2 Å². The topological polar surface area (TPSA) is 29.3 Å². The average Bonchev–Trinajstić information content (AvgIpc) is 2.31. The maximum Gasteiger partial charge on any atom is 0.416 e. The molecule has 0 aliphatic carbocycles. The number of hydrogen-bond donors (Lipinski definition) is 1. The normalized spacial score (nSPS) is 24.9. The number of nitrogens with two attached hydrogens (primary N) is 1. The highest BCUT2D eigenvalue weighted by Crippen LogP contribution is 2.31. The molecule has 6 heteroatoms. The summed E-state index contributed by atoms with van der Waals surface area (Å²) >= 11 is 0. The van der Waals surface area contributed by atoms with E-state index in [0.717, 1.165) is 31.5 Å². The van der Waals surface area contributed by atoms with Crippen molar-refractivity contribution < 1.29 is 17.6 Å². The van der Waals surface area contributed by atoms with Crippen LogP contribution >= 0.6 is 0 Å². The molecule has 2 atom stereocenters. The van der Waals surface area contributed by atoms with Gasteiger partial charge in [-0.1, -0.05) is 0 Å². The predicted octanol–water partition coefficient (Wildman–Crippen LogP) is 3.16. The molecule has 0 saturated carbocycles. The van der Waals surface area contributed by atoms with Crippen molar-refractivity contribution in [2.24, 2.45) is 5.73 Å². The van der Waals surface area contributed by atoms with E-state index >= 15 is 0 Å². The van der Waals surface area contributed by atoms with Crippen LogP contribution in [0.4, 0.5) is 17.6 Å². The monoisotopic (exact) mass is 290 g/mol. The highest BCUT2D eigenvalue weighted by molar-refractivity contribution is 5.27. The van der Waals surface area contributed by atoms with Gasteiger partial charge in [0.05, 0.1) is 5.56 Å². The van der Waals surface area contributed by atoms with Crippen LogP contribution in [0.5, 0.6) is 0 Å². The first-order chi connectivity index (χ1) is 9.25. The Balaban J connectivity index is 2.15. The minimum Gasteiger partial charge on any atom is -0.328 e. The molecule has 2 unspecified atom stereocenters. The number of likely N-dealkylation sites (tertiary alicyclic amines) is 1. The Bertz CT molecular complexity index is 473. The highest BCUT2D eigenvalue weighted by atomic mass is 19.4. The lowest BCUT2D eigenvalue weighted by Crippen LogP contribution is -2.45. The summed E-state index contributed by atoms with van der Waals surface area (Å²) in [5, 5.41) is 0. The molecular formula is C14H18F4N2. The average molecular weight is 290 g/mol. The lowest BCUT2D eigenvalue weighted by molar-refractivity contribution is -0.137. The SMILES string of the molecule is CC1CC(N)CCN1Cc1cc(F)cc(C(F)(F)F)c1. The van der Waals surface area contributed by atoms with E-state index in [1.54, 1.807) is 0 Å². The molecule has 1 saturated heterocycles. The molecule has 0 radical (unpaired) electrons. The van der Waals surface area contributed by atoms with Crippen LogP contribution in [-0.4, -0.2) is 23.5 Å². The maximum absolute atomic E-state index is 13.3. The fourth-order valence-corrected chi connectivity index (χ4v) is 2.63. The van der Waals surface area contributed by atoms with E-state index in [0.29, 0.717) is 18.2 Å². The second-order valence-corrected chi connectivity index (χ2v) is 5.45. The third-order valence-corrected chi connectivity index (χ3v) is 3.72. The lowest BCUT2D eigenvalue weighted by Gasteiger charge is -2.36. The summed E-state index contributed by atoms with van der Waals surface area (Å²) in [6.45, 7) is 3.03. The Kier molecular flexibility index (Phi) is 4.34. The van der Waals surface area contributed by atoms with Crippen LogP contribution in [0, 0.1) is 5.82 Å². The fraction of sp³-hybridized carbons (Fsp3) is 0.571. The molecule has 1 heterocycles. The standard InChI is InChI=1S/C14H18F4N2/c1-9-4-13(19)2-3-20(9)8-10-5-11(14(16,17)18)7-12(15)6-10/h5-7,9,13H,2-4,8,19H2,1H3. The molecule has 2 N–H and O–H groups in total. The van der Waals surface area contributed by atoms with Gasteiger partial charge >= 0.3 is 6.18 Å². The van der Waals surface area contributed by atoms with Crippen LogP contribution in [0.3, 0.4) is 0 Å². The number of hydrogen-bond acceptors (Lipinski definition) is 2. The highest BCUT2D eigenvalue weighted by Gasteiger charge is 2.32. The van der Waals surface area contributed by atoms with Gasteiger partial charge in [-0.3, -0.25) is 4.90 Å². The van der Waals surface area contributed by atoms with Crippen LogP contribution in [0.2, 0.25) is 0 Å². The van der Waals surface area contributed by atoms with E-state index in [4.69, 9.17) is 5.73 Å². The number of piperidine rings is 1. The van der Waals surface area contributed by atoms with Crippen molar-refractivity contribution in [1.82, 2.24) is 4.90 Å². The van der Waals surface area contributed by atoms with Gasteiger partial charge in [0.2, 0.25) is 0 Å². The summed E-state index contributed by atoms with van der Waals surface area (Å²) < 4.78 is 51.3. The molecule has 2 rings (SSSR count). The largest absolute Gasteiger partial charge is 0.416 e. The van der Waals surface area contributed by atoms with Crippen molar-refractivity contribution in [3.63, 3.8) is 0 Å². The van der Waals surface area contributed by atoms with Crippen LogP contribution in [0.1, 0.15) is 30.9 Å². The predicted molar refractivity (Wildman–Crippen MR) is 68.5 cm³/mol. The molecule has 1 aromatic rings. The summed E-state index contributed by atoms with van der Waals surface area (Å²) in [5.74, 6) is -0.851. The molecule has 1 aliphatic rings. The van der Waals surface area contributed by atoms with Gasteiger partial charge in [-0.25, -0.2) is 4.39 Å². The summed E-state index contributed by atoms with van der Waals surface area (Å²) in [4.78, 5) is 2.04. The number of halogens is 4. The third kappa shape index (κ3) is 3.70. The quantitative estimate of drug-likeness (QED) is 0.848. The molecule has 0 spiro atoms. The van der Waals surface area contributed by atoms with Crippen molar-refractivity contribution in [2.75, 3.05) is 6.54 Å². The van der Waals surface area contributed by atoms with Crippen molar-refractivity contribution in [3.8, 4) is 0 Å². The van der Waals surface area contributed by atoms with Crippen LogP contribution < -0.4 is 5.73 Å². The van der Waals surface area contributed by atoms with E-state index < -0.39 is 17.6 Å². The summed E-state index contributed by atoms with van der Waals surface area (Å²) in [7, 11) is 0. The second-order valence-electron chi connectivity index (χ2n) is 5.45. The Morgan fingerprint density at radius 2 is 2.00 bits per heavy atom. The van der Waals surface area contributed by atoms with Crippen molar-refractivity contribution >= 4 is 0 Å². The Morgan fingerprint density at radius 3 is 2.60 bits per heavy atom. The van der Waals surface area contributed by atoms with E-state index in [2.05, 4.69) is 0 Å². The maximum atomic E-state index is 13.3. The van der Waals surface area contributed by atoms with Gasteiger partial charge in [0.25, 0.3) is 0 Å². The zero-order valence-electron chi connectivity index (χ0n) is 11.3. The van der Waals surface area contributed by atoms with E-state index in [9.17, 15) is 17.6 Å². The van der Waals surface area contributed by atoms with Crippen molar-refractivity contribution in [1.29, 1.82) is 0 Å². The van der Waals surface area contributed by atoms with Gasteiger partial charge in [-0.05, 0) is 43.5 Å². The number of rotatable bonds is 2. The van der Waals surface area contributed by atoms with Crippen molar-refractivity contribution in [3.05, 3.63) is 35.1 Å². The van der Waals surface area contributed by atoms with E-state index in [-0.39, 0.29) is 12.1 Å². The smallest absolute Gasteiger partial charge is 0.328 e. The molecule has 20 heavy (non-hydrogen) atoms. The molecule has 0 amide bonds. The first-order valence-corrected chi connectivity index (χ1v) is 6.62. The Hall–Kier alpha value is -1.14. The molecule has 1 fully saturated rings. The van der Waals surface area contributed by atoms with Gasteiger partial charge in [-0.15, -0.1) is 0 Å². The zero-order valence-corrected chi connectivity index (χ0v) is 11.3. The first kappa shape index (κ1) is 15.3. The number of alkyl halides is 3. The molecule has 112 valence electrons. The summed E-state index contributed by atoms with van der Waals surface area (Å²) in [5.41, 5.74) is 5.26. The fourth-order valence-electron chi connectivity index (χ4n) is 2.63. The first-order valence-electron chi connectivity index (χ1n) is 6.62. The number of nitrogens with zero attached hydrogens (tertiary/aromatic N) is 1. The number of benzene rings is 1. The van der Waals surface area contributed by atoms with Gasteiger partial charge < -0.3 is 5.73 Å². The van der Waals surface area contributed by atoms with Crippen LogP contribution in [0.25, 0.3) is 0 Å². The van der Waals surface area contributed by atoms with E-state index in [1.807, 2.05) is 11.8 Å². The van der Waals surface area contributed by atoms with Gasteiger partial charge in [0, 0.05) is 25.2 Å². The summed E-state index contributed by atoms with van der Waals surface area (Å²) in [6.07, 6.45) is -2.90. The molecule has 1 aliphatic heterocycles. The van der Waals surface area contributed by atoms with Crippen molar-refractivity contribution in [2.45, 2.75) is 44.6 Å². The zero-order chi connectivity index (χ0) is 14.9. The molecule has 2 nitrogen and oxygen atoms in total. The van der Waals surface area contributed by atoms with Gasteiger partial charge in [0.1, 0.15) is 5.82 Å². The van der Waals surface area contributed by atoms with Crippen LogP contribution in [-0.2, 0) is 12.7 Å². The molecular weight excluding hydrogens is 272 g/mol. The van der Waals surface area contributed by atoms with Gasteiger partial charge in [0.15, 0.2) is 0 Å². The van der Waals surface area contributed by atoms with Gasteiger partial charge in [-0.2, -0.15) is 13.2 Å². The summed E-state index contributed by atoms with van der Waals surface area (Å²) in [6, 6.07) is 3.04. The molecule has 0 aromatic heterocycles. The second kappa shape index (κ2) is 5.69. The molecule has 1 aromatic carbocycles. The minimum absolute atomic E-state index is 0.138. The molecule has 0 bridgehead atoms. The van der Waals surface area contributed by atoms with E-state index in [1.165, 1.54) is 0 Å².